The van der Waals surface area contributed by atoms with Crippen LogP contribution in [0.15, 0.2) is 0 Å². The molecule has 0 heterocycles. The van der Waals surface area contributed by atoms with Gasteiger partial charge in [-0.1, -0.05) is 106 Å². The normalized spacial score (nSPS) is 12.6. The zero-order valence-electron chi connectivity index (χ0n) is 21.3. The van der Waals surface area contributed by atoms with Crippen LogP contribution in [0.5, 0.6) is 0 Å². The molecule has 176 valence electrons. The van der Waals surface area contributed by atoms with E-state index >= 15 is 0 Å². The van der Waals surface area contributed by atoms with Crippen molar-refractivity contribution >= 4 is 16.6 Å². The lowest BCUT2D eigenvalue weighted by Crippen LogP contribution is -2.51. The van der Waals surface area contributed by atoms with E-state index < -0.39 is 16.6 Å². The number of unbranched alkanes of at least 4 members (excludes halogenated alkanes) is 6. The molecule has 0 aliphatic heterocycles. The van der Waals surface area contributed by atoms with Crippen molar-refractivity contribution in [2.24, 2.45) is 0 Å². The molecule has 0 saturated heterocycles. The van der Waals surface area contributed by atoms with Gasteiger partial charge in [-0.05, 0) is 42.7 Å². The Morgan fingerprint density at radius 3 is 0.931 bits per heavy atom. The molecule has 0 radical (unpaired) electrons. The van der Waals surface area contributed by atoms with Crippen LogP contribution in [0.3, 0.4) is 0 Å². The molecule has 0 aromatic rings. The van der Waals surface area contributed by atoms with Crippen LogP contribution in [0.2, 0.25) is 29.8 Å². The van der Waals surface area contributed by atoms with Gasteiger partial charge in [0.05, 0.1) is 0 Å². The van der Waals surface area contributed by atoms with Gasteiger partial charge in [-0.15, -0.1) is 0 Å². The third kappa shape index (κ3) is 13.4. The molecule has 4 heteroatoms. The maximum Gasteiger partial charge on any atom is 0.192 e. The van der Waals surface area contributed by atoms with Crippen molar-refractivity contribution in [2.75, 3.05) is 13.2 Å². The van der Waals surface area contributed by atoms with Crippen LogP contribution in [-0.2, 0) is 8.85 Å². The molecule has 0 fully saturated rings. The quantitative estimate of drug-likeness (QED) is 0.122. The van der Waals surface area contributed by atoms with Crippen LogP contribution in [-0.4, -0.2) is 29.8 Å². The first-order valence-electron chi connectivity index (χ1n) is 13.3. The Labute approximate surface area is 187 Å². The Bertz CT molecular complexity index is 302. The van der Waals surface area contributed by atoms with Crippen LogP contribution in [0.1, 0.15) is 119 Å². The van der Waals surface area contributed by atoms with E-state index in [1.54, 1.807) is 0 Å². The molecule has 0 rings (SSSR count). The first-order valence-corrected chi connectivity index (χ1v) is 18.4. The second-order valence-electron chi connectivity index (χ2n) is 9.36. The molecule has 0 spiro atoms. The van der Waals surface area contributed by atoms with Gasteiger partial charge in [0.2, 0.25) is 0 Å². The molecule has 0 aliphatic rings. The molecule has 0 bridgehead atoms. The SMILES string of the molecule is CCCCO[Si](CCCC)(CCCC)C[Si](CCCC)(CCCC)OCCCC. The lowest BCUT2D eigenvalue weighted by Gasteiger charge is -2.41. The van der Waals surface area contributed by atoms with Crippen LogP contribution >= 0.6 is 0 Å². The maximum atomic E-state index is 6.99. The molecule has 0 amide bonds. The van der Waals surface area contributed by atoms with Crippen molar-refractivity contribution in [3.8, 4) is 0 Å². The van der Waals surface area contributed by atoms with Gasteiger partial charge in [0.25, 0.3) is 0 Å². The minimum Gasteiger partial charge on any atom is -0.417 e. The monoisotopic (exact) mass is 444 g/mol. The van der Waals surface area contributed by atoms with E-state index in [0.717, 1.165) is 13.2 Å². The smallest absolute Gasteiger partial charge is 0.192 e. The molecule has 0 aromatic carbocycles. The van der Waals surface area contributed by atoms with E-state index in [4.69, 9.17) is 8.85 Å². The lowest BCUT2D eigenvalue weighted by molar-refractivity contribution is 0.274. The fourth-order valence-electron chi connectivity index (χ4n) is 4.44. The Morgan fingerprint density at radius 2 is 0.690 bits per heavy atom. The van der Waals surface area contributed by atoms with Crippen molar-refractivity contribution in [2.45, 2.75) is 148 Å². The van der Waals surface area contributed by atoms with Crippen molar-refractivity contribution in [1.29, 1.82) is 0 Å². The summed E-state index contributed by atoms with van der Waals surface area (Å²) < 4.78 is 14.0. The summed E-state index contributed by atoms with van der Waals surface area (Å²) >= 11 is 0. The summed E-state index contributed by atoms with van der Waals surface area (Å²) in [6.45, 7) is 16.0. The third-order valence-corrected chi connectivity index (χ3v) is 18.2. The van der Waals surface area contributed by atoms with Crippen LogP contribution in [0.4, 0.5) is 0 Å². The average Bonchev–Trinajstić information content (AvgIpc) is 2.73. The van der Waals surface area contributed by atoms with E-state index in [0.29, 0.717) is 0 Å². The van der Waals surface area contributed by atoms with Crippen LogP contribution in [0, 0.1) is 0 Å². The predicted octanol–water partition coefficient (Wildman–Crippen LogP) is 9.25. The van der Waals surface area contributed by atoms with Gasteiger partial charge in [0.1, 0.15) is 0 Å². The van der Waals surface area contributed by atoms with Crippen LogP contribution in [0.25, 0.3) is 0 Å². The summed E-state index contributed by atoms with van der Waals surface area (Å²) in [6, 6.07) is 5.49. The molecule has 0 saturated carbocycles. The fourth-order valence-corrected chi connectivity index (χ4v) is 19.0. The highest BCUT2D eigenvalue weighted by Gasteiger charge is 2.45. The minimum absolute atomic E-state index is 0.997. The highest BCUT2D eigenvalue weighted by atomic mass is 28.4. The molecule has 29 heavy (non-hydrogen) atoms. The van der Waals surface area contributed by atoms with Gasteiger partial charge >= 0.3 is 0 Å². The molecule has 0 N–H and O–H groups in total. The first-order chi connectivity index (χ1) is 14.1. The van der Waals surface area contributed by atoms with Crippen LogP contribution < -0.4 is 0 Å². The largest absolute Gasteiger partial charge is 0.417 e. The van der Waals surface area contributed by atoms with Gasteiger partial charge in [0.15, 0.2) is 16.6 Å². The highest BCUT2D eigenvalue weighted by Crippen LogP contribution is 2.38. The summed E-state index contributed by atoms with van der Waals surface area (Å²) in [5, 5.41) is 0. The fraction of sp³-hybridized carbons (Fsp3) is 1.00. The summed E-state index contributed by atoms with van der Waals surface area (Å²) in [5.74, 6) is 0. The van der Waals surface area contributed by atoms with E-state index in [9.17, 15) is 0 Å². The molecule has 0 aromatic heterocycles. The van der Waals surface area contributed by atoms with Gasteiger partial charge in [-0.3, -0.25) is 0 Å². The molecule has 0 atom stereocenters. The van der Waals surface area contributed by atoms with Crippen molar-refractivity contribution in [3.63, 3.8) is 0 Å². The van der Waals surface area contributed by atoms with Crippen molar-refractivity contribution < 1.29 is 8.85 Å². The van der Waals surface area contributed by atoms with E-state index in [1.807, 2.05) is 0 Å². The Morgan fingerprint density at radius 1 is 0.414 bits per heavy atom. The van der Waals surface area contributed by atoms with Gasteiger partial charge in [0, 0.05) is 13.2 Å². The Kier molecular flexibility index (Phi) is 19.3. The van der Waals surface area contributed by atoms with E-state index in [1.165, 1.54) is 107 Å². The first kappa shape index (κ1) is 29.4. The highest BCUT2D eigenvalue weighted by molar-refractivity contribution is 6.91. The number of hydrogen-bond donors (Lipinski definition) is 0. The average molecular weight is 445 g/mol. The predicted molar refractivity (Wildman–Crippen MR) is 137 cm³/mol. The zero-order chi connectivity index (χ0) is 21.8. The summed E-state index contributed by atoms with van der Waals surface area (Å²) in [4.78, 5) is 0. The van der Waals surface area contributed by atoms with Gasteiger partial charge < -0.3 is 8.85 Å². The number of hydrogen-bond acceptors (Lipinski definition) is 2. The Balaban J connectivity index is 5.72. The van der Waals surface area contributed by atoms with Crippen molar-refractivity contribution in [3.05, 3.63) is 0 Å². The second-order valence-corrected chi connectivity index (χ2v) is 18.1. The topological polar surface area (TPSA) is 18.5 Å². The van der Waals surface area contributed by atoms with Crippen molar-refractivity contribution in [1.82, 2.24) is 0 Å². The standard InChI is InChI=1S/C25H56O2Si2/c1-7-13-19-26-28(21-15-9-3,22-16-10-4)25-29(23-17-11-5,24-18-12-6)27-20-14-8-2/h7-25H2,1-6H3. The summed E-state index contributed by atoms with van der Waals surface area (Å²) in [7, 11) is -3.47. The molecule has 2 nitrogen and oxygen atoms in total. The lowest BCUT2D eigenvalue weighted by atomic mass is 10.4. The maximum absolute atomic E-state index is 6.99. The molecular weight excluding hydrogens is 388 g/mol. The zero-order valence-corrected chi connectivity index (χ0v) is 23.3. The minimum atomic E-state index is -1.73. The molecule has 0 aliphatic carbocycles. The summed E-state index contributed by atoms with van der Waals surface area (Å²) in [6.07, 6.45) is 15.5. The van der Waals surface area contributed by atoms with Gasteiger partial charge in [-0.25, -0.2) is 0 Å². The summed E-state index contributed by atoms with van der Waals surface area (Å²) in [5.41, 5.74) is 1.38. The van der Waals surface area contributed by atoms with E-state index in [-0.39, 0.29) is 0 Å². The molecular formula is C25H56O2Si2. The second kappa shape index (κ2) is 19.1. The molecule has 0 unspecified atom stereocenters. The number of rotatable bonds is 22. The van der Waals surface area contributed by atoms with E-state index in [2.05, 4.69) is 41.5 Å². The van der Waals surface area contributed by atoms with Gasteiger partial charge in [-0.2, -0.15) is 0 Å². The Hall–Kier alpha value is 0.354. The third-order valence-electron chi connectivity index (χ3n) is 6.40.